The highest BCUT2D eigenvalue weighted by Gasteiger charge is 2.30. The van der Waals surface area contributed by atoms with E-state index in [1.165, 1.54) is 32.4 Å². The fourth-order valence-corrected chi connectivity index (χ4v) is 2.37. The van der Waals surface area contributed by atoms with E-state index in [1.54, 1.807) is 0 Å². The zero-order valence-corrected chi connectivity index (χ0v) is 9.45. The van der Waals surface area contributed by atoms with Crippen molar-refractivity contribution >= 4 is 0 Å². The molecule has 3 nitrogen and oxygen atoms in total. The molecule has 2 atom stereocenters. The van der Waals surface area contributed by atoms with Crippen molar-refractivity contribution in [3.05, 3.63) is 0 Å². The SMILES string of the molecule is CC(CN1CCC(N)C1)N(C)C1CC1. The zero-order chi connectivity index (χ0) is 10.1. The van der Waals surface area contributed by atoms with Gasteiger partial charge in [0.1, 0.15) is 0 Å². The molecule has 1 aliphatic carbocycles. The predicted octanol–water partition coefficient (Wildman–Crippen LogP) is 0.502. The fourth-order valence-electron chi connectivity index (χ4n) is 2.37. The molecule has 14 heavy (non-hydrogen) atoms. The Morgan fingerprint density at radius 2 is 2.14 bits per heavy atom. The van der Waals surface area contributed by atoms with Crippen LogP contribution >= 0.6 is 0 Å². The largest absolute Gasteiger partial charge is 0.326 e. The van der Waals surface area contributed by atoms with Gasteiger partial charge in [0.15, 0.2) is 0 Å². The van der Waals surface area contributed by atoms with E-state index in [9.17, 15) is 0 Å². The Morgan fingerprint density at radius 3 is 2.64 bits per heavy atom. The number of nitrogens with zero attached hydrogens (tertiary/aromatic N) is 2. The minimum atomic E-state index is 0.424. The first-order valence-electron chi connectivity index (χ1n) is 5.86. The van der Waals surface area contributed by atoms with E-state index in [4.69, 9.17) is 5.73 Å². The molecule has 1 saturated carbocycles. The van der Waals surface area contributed by atoms with E-state index < -0.39 is 0 Å². The number of rotatable bonds is 4. The molecule has 0 radical (unpaired) electrons. The summed E-state index contributed by atoms with van der Waals surface area (Å²) in [5, 5.41) is 0. The Morgan fingerprint density at radius 1 is 1.43 bits per heavy atom. The standard InChI is InChI=1S/C11H23N3/c1-9(13(2)11-3-4-11)7-14-6-5-10(12)8-14/h9-11H,3-8,12H2,1-2H3. The van der Waals surface area contributed by atoms with E-state index in [1.807, 2.05) is 0 Å². The van der Waals surface area contributed by atoms with Gasteiger partial charge in [-0.15, -0.1) is 0 Å². The smallest absolute Gasteiger partial charge is 0.0194 e. The van der Waals surface area contributed by atoms with Crippen LogP contribution in [0.25, 0.3) is 0 Å². The Bertz CT molecular complexity index is 191. The first-order chi connectivity index (χ1) is 6.66. The molecular formula is C11H23N3. The summed E-state index contributed by atoms with van der Waals surface area (Å²) in [5.41, 5.74) is 5.89. The van der Waals surface area contributed by atoms with Crippen LogP contribution in [0.5, 0.6) is 0 Å². The van der Waals surface area contributed by atoms with Gasteiger partial charge in [0.25, 0.3) is 0 Å². The lowest BCUT2D eigenvalue weighted by Gasteiger charge is -2.28. The molecule has 1 aliphatic heterocycles. The lowest BCUT2D eigenvalue weighted by atomic mass is 10.2. The summed E-state index contributed by atoms with van der Waals surface area (Å²) in [5.74, 6) is 0. The summed E-state index contributed by atoms with van der Waals surface area (Å²) in [7, 11) is 2.26. The van der Waals surface area contributed by atoms with Crippen LogP contribution < -0.4 is 5.73 Å². The van der Waals surface area contributed by atoms with Gasteiger partial charge in [-0.3, -0.25) is 4.90 Å². The van der Waals surface area contributed by atoms with Crippen LogP contribution in [-0.4, -0.2) is 54.6 Å². The number of likely N-dealkylation sites (N-methyl/N-ethyl adjacent to an activating group) is 1. The number of likely N-dealkylation sites (tertiary alicyclic amines) is 1. The fraction of sp³-hybridized carbons (Fsp3) is 1.00. The Hall–Kier alpha value is -0.120. The first-order valence-corrected chi connectivity index (χ1v) is 5.86. The normalized spacial score (nSPS) is 31.3. The maximum absolute atomic E-state index is 5.89. The molecule has 82 valence electrons. The van der Waals surface area contributed by atoms with Gasteiger partial charge in [-0.25, -0.2) is 0 Å². The summed E-state index contributed by atoms with van der Waals surface area (Å²) in [6.07, 6.45) is 3.99. The Labute approximate surface area is 87.2 Å². The molecule has 2 unspecified atom stereocenters. The van der Waals surface area contributed by atoms with Crippen LogP contribution in [0.1, 0.15) is 26.2 Å². The average Bonchev–Trinajstić information content (AvgIpc) is 2.91. The molecule has 2 fully saturated rings. The second kappa shape index (κ2) is 4.17. The van der Waals surface area contributed by atoms with Crippen molar-refractivity contribution in [2.45, 2.75) is 44.3 Å². The minimum Gasteiger partial charge on any atom is -0.326 e. The molecule has 0 spiro atoms. The molecule has 0 aromatic carbocycles. The summed E-state index contributed by atoms with van der Waals surface area (Å²) in [6.45, 7) is 5.83. The molecule has 1 heterocycles. The van der Waals surface area contributed by atoms with Crippen molar-refractivity contribution in [1.82, 2.24) is 9.80 Å². The van der Waals surface area contributed by atoms with Crippen LogP contribution in [0.4, 0.5) is 0 Å². The van der Waals surface area contributed by atoms with Crippen molar-refractivity contribution in [2.75, 3.05) is 26.7 Å². The monoisotopic (exact) mass is 197 g/mol. The van der Waals surface area contributed by atoms with Crippen molar-refractivity contribution < 1.29 is 0 Å². The van der Waals surface area contributed by atoms with Gasteiger partial charge in [-0.1, -0.05) is 0 Å². The van der Waals surface area contributed by atoms with Gasteiger partial charge in [0, 0.05) is 31.2 Å². The van der Waals surface area contributed by atoms with Crippen molar-refractivity contribution in [3.8, 4) is 0 Å². The Kier molecular flexibility index (Phi) is 3.10. The maximum atomic E-state index is 5.89. The van der Waals surface area contributed by atoms with Gasteiger partial charge in [0.05, 0.1) is 0 Å². The third-order valence-electron chi connectivity index (χ3n) is 3.65. The molecule has 3 heteroatoms. The summed E-state index contributed by atoms with van der Waals surface area (Å²) in [6, 6.07) is 1.99. The summed E-state index contributed by atoms with van der Waals surface area (Å²) < 4.78 is 0. The van der Waals surface area contributed by atoms with Crippen molar-refractivity contribution in [3.63, 3.8) is 0 Å². The van der Waals surface area contributed by atoms with Crippen molar-refractivity contribution in [1.29, 1.82) is 0 Å². The highest BCUT2D eigenvalue weighted by atomic mass is 15.2. The summed E-state index contributed by atoms with van der Waals surface area (Å²) >= 11 is 0. The molecule has 2 rings (SSSR count). The average molecular weight is 197 g/mol. The zero-order valence-electron chi connectivity index (χ0n) is 9.45. The van der Waals surface area contributed by atoms with E-state index in [0.717, 1.165) is 12.6 Å². The van der Waals surface area contributed by atoms with Gasteiger partial charge in [-0.2, -0.15) is 0 Å². The minimum absolute atomic E-state index is 0.424. The van der Waals surface area contributed by atoms with E-state index in [2.05, 4.69) is 23.8 Å². The van der Waals surface area contributed by atoms with Gasteiger partial charge >= 0.3 is 0 Å². The lowest BCUT2D eigenvalue weighted by molar-refractivity contribution is 0.184. The topological polar surface area (TPSA) is 32.5 Å². The van der Waals surface area contributed by atoms with Crippen LogP contribution in [0, 0.1) is 0 Å². The van der Waals surface area contributed by atoms with E-state index >= 15 is 0 Å². The van der Waals surface area contributed by atoms with E-state index in [0.29, 0.717) is 12.1 Å². The number of nitrogens with two attached hydrogens (primary N) is 1. The third-order valence-corrected chi connectivity index (χ3v) is 3.65. The molecule has 0 bridgehead atoms. The van der Waals surface area contributed by atoms with Crippen LogP contribution in [0.15, 0.2) is 0 Å². The highest BCUT2D eigenvalue weighted by molar-refractivity contribution is 4.87. The van der Waals surface area contributed by atoms with Crippen LogP contribution in [0.3, 0.4) is 0 Å². The molecule has 0 amide bonds. The molecule has 1 saturated heterocycles. The highest BCUT2D eigenvalue weighted by Crippen LogP contribution is 2.27. The quantitative estimate of drug-likeness (QED) is 0.712. The number of hydrogen-bond acceptors (Lipinski definition) is 3. The second-order valence-electron chi connectivity index (χ2n) is 5.05. The second-order valence-corrected chi connectivity index (χ2v) is 5.05. The Balaban J connectivity index is 1.73. The molecular weight excluding hydrogens is 174 g/mol. The first kappa shape index (κ1) is 10.4. The molecule has 0 aromatic rings. The number of hydrogen-bond donors (Lipinski definition) is 1. The third kappa shape index (κ3) is 2.47. The van der Waals surface area contributed by atoms with Crippen molar-refractivity contribution in [2.24, 2.45) is 5.73 Å². The van der Waals surface area contributed by atoms with Crippen LogP contribution in [0.2, 0.25) is 0 Å². The molecule has 2 N–H and O–H groups in total. The van der Waals surface area contributed by atoms with Gasteiger partial charge in [-0.05, 0) is 39.8 Å². The molecule has 2 aliphatic rings. The lowest BCUT2D eigenvalue weighted by Crippen LogP contribution is -2.41. The van der Waals surface area contributed by atoms with E-state index in [-0.39, 0.29) is 0 Å². The van der Waals surface area contributed by atoms with Crippen LogP contribution in [-0.2, 0) is 0 Å². The van der Waals surface area contributed by atoms with Gasteiger partial charge in [0.2, 0.25) is 0 Å². The maximum Gasteiger partial charge on any atom is 0.0194 e. The predicted molar refractivity (Wildman–Crippen MR) is 59.3 cm³/mol. The summed E-state index contributed by atoms with van der Waals surface area (Å²) in [4.78, 5) is 5.04. The molecule has 0 aromatic heterocycles. The van der Waals surface area contributed by atoms with Gasteiger partial charge < -0.3 is 10.6 Å².